The lowest BCUT2D eigenvalue weighted by atomic mass is 10.5. The largest absolute Gasteiger partial charge is 0.481 e. The van der Waals surface area contributed by atoms with Crippen LogP contribution in [0.3, 0.4) is 0 Å². The fourth-order valence-electron chi connectivity index (χ4n) is 0.723. The molecule has 7 heteroatoms. The molecule has 0 fully saturated rings. The molecule has 0 aliphatic rings. The van der Waals surface area contributed by atoms with Crippen LogP contribution < -0.4 is 10.6 Å². The number of aliphatic carboxylic acids is 1. The molecule has 0 saturated carbocycles. The molecule has 0 aliphatic carbocycles. The summed E-state index contributed by atoms with van der Waals surface area (Å²) in [5, 5.41) is 13.4. The lowest BCUT2D eigenvalue weighted by molar-refractivity contribution is -0.133. The summed E-state index contributed by atoms with van der Waals surface area (Å²) in [7, 11) is 0. The van der Waals surface area contributed by atoms with E-state index in [2.05, 4.69) is 10.6 Å². The molecule has 0 aromatic heterocycles. The van der Waals surface area contributed by atoms with Gasteiger partial charge in [-0.05, 0) is 0 Å². The van der Waals surface area contributed by atoms with Crippen molar-refractivity contribution in [2.45, 2.75) is 6.92 Å². The summed E-state index contributed by atoms with van der Waals surface area (Å²) < 4.78 is 0. The lowest BCUT2D eigenvalue weighted by Crippen LogP contribution is -2.34. The topological polar surface area (TPSA) is 95.5 Å². The molecule has 6 nitrogen and oxygen atoms in total. The average Bonchev–Trinajstić information content (AvgIpc) is 2.11. The van der Waals surface area contributed by atoms with Crippen molar-refractivity contribution in [3.8, 4) is 0 Å². The average molecular weight is 234 g/mol. The van der Waals surface area contributed by atoms with Crippen molar-refractivity contribution >= 4 is 29.5 Å². The summed E-state index contributed by atoms with van der Waals surface area (Å²) >= 11 is 1.03. The SMILES string of the molecule is CC(=O)NCCNC(=O)CSCC(=O)O. The fourth-order valence-corrected chi connectivity index (χ4v) is 1.29. The molecule has 0 aliphatic heterocycles. The van der Waals surface area contributed by atoms with E-state index in [1.165, 1.54) is 6.92 Å². The molecule has 0 bridgehead atoms. The molecule has 86 valence electrons. The van der Waals surface area contributed by atoms with E-state index in [0.29, 0.717) is 13.1 Å². The van der Waals surface area contributed by atoms with Crippen molar-refractivity contribution in [2.75, 3.05) is 24.6 Å². The molecule has 0 spiro atoms. The molecule has 0 atom stereocenters. The first-order valence-electron chi connectivity index (χ1n) is 4.33. The number of carbonyl (C=O) groups excluding carboxylic acids is 2. The second-order valence-electron chi connectivity index (χ2n) is 2.72. The zero-order valence-electron chi connectivity index (χ0n) is 8.41. The third-order valence-corrected chi connectivity index (χ3v) is 2.20. The summed E-state index contributed by atoms with van der Waals surface area (Å²) in [4.78, 5) is 31.6. The van der Waals surface area contributed by atoms with E-state index >= 15 is 0 Å². The number of nitrogens with one attached hydrogen (secondary N) is 2. The Morgan fingerprint density at radius 3 is 2.27 bits per heavy atom. The zero-order valence-corrected chi connectivity index (χ0v) is 9.23. The molecule has 0 saturated heterocycles. The molecule has 3 N–H and O–H groups in total. The van der Waals surface area contributed by atoms with E-state index in [1.54, 1.807) is 0 Å². The number of hydrogen-bond donors (Lipinski definition) is 3. The third kappa shape index (κ3) is 10.7. The van der Waals surface area contributed by atoms with Gasteiger partial charge >= 0.3 is 5.97 Å². The van der Waals surface area contributed by atoms with Crippen molar-refractivity contribution in [3.05, 3.63) is 0 Å². The normalized spacial score (nSPS) is 9.40. The minimum atomic E-state index is -0.939. The van der Waals surface area contributed by atoms with Gasteiger partial charge in [0.1, 0.15) is 0 Å². The summed E-state index contributed by atoms with van der Waals surface area (Å²) in [5.74, 6) is -1.28. The Kier molecular flexibility index (Phi) is 7.43. The van der Waals surface area contributed by atoms with Gasteiger partial charge in [-0.1, -0.05) is 0 Å². The van der Waals surface area contributed by atoms with Crippen LogP contribution in [0.5, 0.6) is 0 Å². The van der Waals surface area contributed by atoms with Gasteiger partial charge in [0.25, 0.3) is 0 Å². The molecule has 15 heavy (non-hydrogen) atoms. The molecular weight excluding hydrogens is 220 g/mol. The highest BCUT2D eigenvalue weighted by molar-refractivity contribution is 8.00. The molecule has 2 amide bonds. The highest BCUT2D eigenvalue weighted by Gasteiger charge is 2.03. The predicted molar refractivity (Wildman–Crippen MR) is 56.7 cm³/mol. The molecule has 0 rings (SSSR count). The first-order chi connectivity index (χ1) is 7.02. The molecule has 0 aromatic rings. The van der Waals surface area contributed by atoms with Crippen LogP contribution in [0.4, 0.5) is 0 Å². The Balaban J connectivity index is 3.33. The second-order valence-corrected chi connectivity index (χ2v) is 3.71. The van der Waals surface area contributed by atoms with Crippen LogP contribution >= 0.6 is 11.8 Å². The van der Waals surface area contributed by atoms with Crippen LogP contribution in [0.1, 0.15) is 6.92 Å². The third-order valence-electron chi connectivity index (χ3n) is 1.28. The number of thioether (sulfide) groups is 1. The minimum absolute atomic E-state index is 0.0842. The lowest BCUT2D eigenvalue weighted by Gasteiger charge is -2.04. The van der Waals surface area contributed by atoms with Gasteiger partial charge in [-0.2, -0.15) is 0 Å². The summed E-state index contributed by atoms with van der Waals surface area (Å²) in [5.41, 5.74) is 0. The van der Waals surface area contributed by atoms with Gasteiger partial charge < -0.3 is 15.7 Å². The highest BCUT2D eigenvalue weighted by atomic mass is 32.2. The number of carboxylic acids is 1. The summed E-state index contributed by atoms with van der Waals surface area (Å²) in [6.45, 7) is 2.13. The van der Waals surface area contributed by atoms with Gasteiger partial charge in [0.2, 0.25) is 11.8 Å². The van der Waals surface area contributed by atoms with Gasteiger partial charge in [0, 0.05) is 20.0 Å². The smallest absolute Gasteiger partial charge is 0.313 e. The Bertz CT molecular complexity index is 245. The van der Waals surface area contributed by atoms with Crippen LogP contribution in [-0.4, -0.2) is 47.5 Å². The maximum atomic E-state index is 11.0. The van der Waals surface area contributed by atoms with Crippen LogP contribution in [0.15, 0.2) is 0 Å². The Morgan fingerprint density at radius 1 is 1.13 bits per heavy atom. The van der Waals surface area contributed by atoms with Crippen LogP contribution in [0.2, 0.25) is 0 Å². The van der Waals surface area contributed by atoms with Crippen molar-refractivity contribution < 1.29 is 19.5 Å². The van der Waals surface area contributed by atoms with E-state index in [-0.39, 0.29) is 23.3 Å². The molecule has 0 unspecified atom stereocenters. The van der Waals surface area contributed by atoms with E-state index in [4.69, 9.17) is 5.11 Å². The quantitative estimate of drug-likeness (QED) is 0.494. The second kappa shape index (κ2) is 8.10. The maximum Gasteiger partial charge on any atom is 0.313 e. The molecule has 0 heterocycles. The number of rotatable bonds is 7. The number of hydrogen-bond acceptors (Lipinski definition) is 4. The number of amides is 2. The van der Waals surface area contributed by atoms with Crippen molar-refractivity contribution in [2.24, 2.45) is 0 Å². The summed E-state index contributed by atoms with van der Waals surface area (Å²) in [6, 6.07) is 0. The van der Waals surface area contributed by atoms with E-state index < -0.39 is 5.97 Å². The Morgan fingerprint density at radius 2 is 1.73 bits per heavy atom. The van der Waals surface area contributed by atoms with Gasteiger partial charge in [0.05, 0.1) is 11.5 Å². The molecule has 0 aromatic carbocycles. The predicted octanol–water partition coefficient (Wildman–Crippen LogP) is -0.943. The maximum absolute atomic E-state index is 11.0. The number of carbonyl (C=O) groups is 3. The van der Waals surface area contributed by atoms with Crippen molar-refractivity contribution in [1.29, 1.82) is 0 Å². The van der Waals surface area contributed by atoms with E-state index in [0.717, 1.165) is 11.8 Å². The zero-order chi connectivity index (χ0) is 11.7. The number of carboxylic acid groups (broad SMARTS) is 1. The minimum Gasteiger partial charge on any atom is -0.481 e. The van der Waals surface area contributed by atoms with Gasteiger partial charge in [-0.25, -0.2) is 0 Å². The Hall–Kier alpha value is -1.24. The van der Waals surface area contributed by atoms with Crippen molar-refractivity contribution in [3.63, 3.8) is 0 Å². The van der Waals surface area contributed by atoms with Gasteiger partial charge in [0.15, 0.2) is 0 Å². The first-order valence-corrected chi connectivity index (χ1v) is 5.48. The Labute approximate surface area is 91.8 Å². The first kappa shape index (κ1) is 13.8. The van der Waals surface area contributed by atoms with Crippen LogP contribution in [0.25, 0.3) is 0 Å². The van der Waals surface area contributed by atoms with E-state index in [9.17, 15) is 14.4 Å². The van der Waals surface area contributed by atoms with Gasteiger partial charge in [-0.3, -0.25) is 14.4 Å². The van der Waals surface area contributed by atoms with Crippen LogP contribution in [-0.2, 0) is 14.4 Å². The van der Waals surface area contributed by atoms with Gasteiger partial charge in [-0.15, -0.1) is 11.8 Å². The standard InChI is InChI=1S/C8H14N2O4S/c1-6(11)9-2-3-10-7(12)4-15-5-8(13)14/h2-5H2,1H3,(H,9,11)(H,10,12)(H,13,14). The monoisotopic (exact) mass is 234 g/mol. The molecular formula is C8H14N2O4S. The summed E-state index contributed by atoms with van der Waals surface area (Å²) in [6.07, 6.45) is 0. The van der Waals surface area contributed by atoms with Crippen LogP contribution in [0, 0.1) is 0 Å². The fraction of sp³-hybridized carbons (Fsp3) is 0.625. The molecule has 0 radical (unpaired) electrons. The van der Waals surface area contributed by atoms with E-state index in [1.807, 2.05) is 0 Å². The van der Waals surface area contributed by atoms with Crippen molar-refractivity contribution in [1.82, 2.24) is 10.6 Å². The highest BCUT2D eigenvalue weighted by Crippen LogP contribution is 1.97.